The Morgan fingerprint density at radius 1 is 1.40 bits per heavy atom. The Bertz CT molecular complexity index is 1080. The number of rotatable bonds is 8. The minimum absolute atomic E-state index is 0.0949. The summed E-state index contributed by atoms with van der Waals surface area (Å²) in [6, 6.07) is 3.84. The monoisotopic (exact) mass is 432 g/mol. The van der Waals surface area contributed by atoms with Crippen LogP contribution in [0.4, 0.5) is 17.5 Å². The Labute approximate surface area is 175 Å². The van der Waals surface area contributed by atoms with Crippen molar-refractivity contribution < 1.29 is 13.2 Å². The second-order valence-electron chi connectivity index (χ2n) is 7.47. The van der Waals surface area contributed by atoms with Crippen molar-refractivity contribution in [2.45, 2.75) is 26.8 Å². The summed E-state index contributed by atoms with van der Waals surface area (Å²) in [5.41, 5.74) is -0.410. The van der Waals surface area contributed by atoms with E-state index in [9.17, 15) is 18.5 Å². The second-order valence-corrected chi connectivity index (χ2v) is 9.30. The van der Waals surface area contributed by atoms with E-state index in [1.54, 1.807) is 29.3 Å². The highest BCUT2D eigenvalue weighted by atomic mass is 32.2. The third-order valence-electron chi connectivity index (χ3n) is 5.05. The van der Waals surface area contributed by atoms with Gasteiger partial charge >= 0.3 is 0 Å². The van der Waals surface area contributed by atoms with Crippen LogP contribution in [0.2, 0.25) is 0 Å². The van der Waals surface area contributed by atoms with Crippen LogP contribution in [0.15, 0.2) is 24.7 Å². The fraction of sp³-hybridized carbons (Fsp3) is 0.500. The van der Waals surface area contributed by atoms with Gasteiger partial charge < -0.3 is 5.32 Å². The van der Waals surface area contributed by atoms with E-state index in [0.29, 0.717) is 31.0 Å². The molecule has 1 fully saturated rings. The van der Waals surface area contributed by atoms with Crippen molar-refractivity contribution in [3.05, 3.63) is 24.7 Å². The van der Waals surface area contributed by atoms with Crippen molar-refractivity contribution >= 4 is 33.4 Å². The van der Waals surface area contributed by atoms with Crippen molar-refractivity contribution in [3.8, 4) is 6.07 Å². The summed E-state index contributed by atoms with van der Waals surface area (Å²) in [5.74, 6) is 0.381. The molecule has 2 N–H and O–H groups in total. The maximum absolute atomic E-state index is 12.9. The highest BCUT2D eigenvalue weighted by molar-refractivity contribution is 7.88. The summed E-state index contributed by atoms with van der Waals surface area (Å²) in [6.07, 6.45) is 6.36. The SMILES string of the molecule is CC(C)[C@]1(C#N)CCN(c2ccnc(Nc3cnn(CCNS(C)(=O)=O)c3)n2)C1=O. The molecule has 0 radical (unpaired) electrons. The molecule has 1 amide bonds. The highest BCUT2D eigenvalue weighted by Gasteiger charge is 2.50. The number of hydrogen-bond donors (Lipinski definition) is 2. The molecule has 1 aliphatic rings. The summed E-state index contributed by atoms with van der Waals surface area (Å²) in [4.78, 5) is 23.0. The number of carbonyl (C=O) groups excluding carboxylic acids is 1. The molecular weight excluding hydrogens is 408 g/mol. The van der Waals surface area contributed by atoms with Gasteiger partial charge in [0.25, 0.3) is 0 Å². The molecule has 0 spiro atoms. The highest BCUT2D eigenvalue weighted by Crippen LogP contribution is 2.40. The molecule has 0 saturated carbocycles. The molecule has 30 heavy (non-hydrogen) atoms. The first-order valence-corrected chi connectivity index (χ1v) is 11.3. The molecule has 0 bridgehead atoms. The predicted octanol–water partition coefficient (Wildman–Crippen LogP) is 0.869. The Morgan fingerprint density at radius 3 is 2.80 bits per heavy atom. The van der Waals surface area contributed by atoms with E-state index in [1.165, 1.54) is 4.90 Å². The number of nitriles is 1. The molecule has 0 aliphatic carbocycles. The van der Waals surface area contributed by atoms with E-state index in [-0.39, 0.29) is 24.3 Å². The fourth-order valence-electron chi connectivity index (χ4n) is 3.31. The second kappa shape index (κ2) is 8.37. The summed E-state index contributed by atoms with van der Waals surface area (Å²) >= 11 is 0. The average molecular weight is 433 g/mol. The van der Waals surface area contributed by atoms with Crippen LogP contribution in [0.5, 0.6) is 0 Å². The van der Waals surface area contributed by atoms with Crippen molar-refractivity contribution in [2.75, 3.05) is 29.6 Å². The van der Waals surface area contributed by atoms with Gasteiger partial charge in [-0.05, 0) is 18.4 Å². The smallest absolute Gasteiger partial charge is 0.248 e. The topological polar surface area (TPSA) is 146 Å². The molecule has 160 valence electrons. The lowest BCUT2D eigenvalue weighted by Crippen LogP contribution is -2.37. The van der Waals surface area contributed by atoms with E-state index >= 15 is 0 Å². The van der Waals surface area contributed by atoms with Crippen LogP contribution in [0.25, 0.3) is 0 Å². The van der Waals surface area contributed by atoms with Gasteiger partial charge in [-0.1, -0.05) is 13.8 Å². The molecular formula is C18H24N8O3S. The molecule has 12 heteroatoms. The molecule has 1 aliphatic heterocycles. The maximum Gasteiger partial charge on any atom is 0.248 e. The van der Waals surface area contributed by atoms with E-state index in [2.05, 4.69) is 31.2 Å². The number of nitrogens with zero attached hydrogens (tertiary/aromatic N) is 6. The first-order chi connectivity index (χ1) is 14.1. The molecule has 3 heterocycles. The molecule has 0 aromatic carbocycles. The van der Waals surface area contributed by atoms with Gasteiger partial charge in [-0.2, -0.15) is 15.3 Å². The van der Waals surface area contributed by atoms with Crippen molar-refractivity contribution in [1.82, 2.24) is 24.5 Å². The Morgan fingerprint density at radius 2 is 2.17 bits per heavy atom. The summed E-state index contributed by atoms with van der Waals surface area (Å²) < 4.78 is 26.2. The number of sulfonamides is 1. The molecule has 11 nitrogen and oxygen atoms in total. The van der Waals surface area contributed by atoms with E-state index in [1.807, 2.05) is 13.8 Å². The zero-order valence-electron chi connectivity index (χ0n) is 17.0. The first-order valence-electron chi connectivity index (χ1n) is 9.45. The van der Waals surface area contributed by atoms with Gasteiger partial charge in [-0.15, -0.1) is 0 Å². The van der Waals surface area contributed by atoms with Gasteiger partial charge in [-0.25, -0.2) is 18.1 Å². The van der Waals surface area contributed by atoms with E-state index < -0.39 is 15.4 Å². The Balaban J connectivity index is 1.69. The van der Waals surface area contributed by atoms with Crippen LogP contribution in [0.1, 0.15) is 20.3 Å². The maximum atomic E-state index is 12.9. The average Bonchev–Trinajstić information content (AvgIpc) is 3.25. The summed E-state index contributed by atoms with van der Waals surface area (Å²) in [7, 11) is -3.25. The number of aromatic nitrogens is 4. The van der Waals surface area contributed by atoms with Gasteiger partial charge in [0.2, 0.25) is 21.9 Å². The van der Waals surface area contributed by atoms with Gasteiger partial charge in [0.05, 0.1) is 30.8 Å². The molecule has 2 aromatic heterocycles. The number of hydrogen-bond acceptors (Lipinski definition) is 8. The lowest BCUT2D eigenvalue weighted by molar-refractivity contribution is -0.124. The zero-order valence-corrected chi connectivity index (χ0v) is 17.8. The number of amides is 1. The van der Waals surface area contributed by atoms with Gasteiger partial charge in [-0.3, -0.25) is 14.4 Å². The molecule has 1 atom stereocenters. The van der Waals surface area contributed by atoms with Gasteiger partial charge in [0.1, 0.15) is 11.2 Å². The lowest BCUT2D eigenvalue weighted by atomic mass is 9.77. The molecule has 0 unspecified atom stereocenters. The number of carbonyl (C=O) groups is 1. The summed E-state index contributed by atoms with van der Waals surface area (Å²) in [6.45, 7) is 4.76. The van der Waals surface area contributed by atoms with Crippen LogP contribution in [0, 0.1) is 22.7 Å². The number of nitrogens with one attached hydrogen (secondary N) is 2. The number of anilines is 3. The molecule has 3 rings (SSSR count). The van der Waals surface area contributed by atoms with Gasteiger partial charge in [0.15, 0.2) is 0 Å². The largest absolute Gasteiger partial charge is 0.321 e. The minimum atomic E-state index is -3.25. The third kappa shape index (κ3) is 4.58. The molecule has 2 aromatic rings. The van der Waals surface area contributed by atoms with Crippen LogP contribution in [-0.4, -0.2) is 53.4 Å². The summed E-state index contributed by atoms with van der Waals surface area (Å²) in [5, 5.41) is 16.8. The Hall–Kier alpha value is -3.04. The van der Waals surface area contributed by atoms with Crippen LogP contribution < -0.4 is 14.9 Å². The van der Waals surface area contributed by atoms with Crippen LogP contribution in [0.3, 0.4) is 0 Å². The minimum Gasteiger partial charge on any atom is -0.321 e. The quantitative estimate of drug-likeness (QED) is 0.625. The predicted molar refractivity (Wildman–Crippen MR) is 110 cm³/mol. The fourth-order valence-corrected chi connectivity index (χ4v) is 3.77. The van der Waals surface area contributed by atoms with Crippen LogP contribution >= 0.6 is 0 Å². The molecule has 1 saturated heterocycles. The normalized spacial score (nSPS) is 19.3. The van der Waals surface area contributed by atoms with E-state index in [0.717, 1.165) is 6.26 Å². The van der Waals surface area contributed by atoms with Crippen LogP contribution in [-0.2, 0) is 21.4 Å². The zero-order chi connectivity index (χ0) is 21.9. The van der Waals surface area contributed by atoms with Crippen molar-refractivity contribution in [2.24, 2.45) is 11.3 Å². The standard InChI is InChI=1S/C18H24N8O3S/c1-13(2)18(12-19)5-8-26(16(18)27)15-4-6-20-17(24-15)23-14-10-21-25(11-14)9-7-22-30(3,28)29/h4,6,10-11,13,22H,5,7-9H2,1-3H3,(H,20,23,24)/t18-/m1/s1. The Kier molecular flexibility index (Phi) is 6.04. The third-order valence-corrected chi connectivity index (χ3v) is 5.78. The van der Waals surface area contributed by atoms with Crippen molar-refractivity contribution in [3.63, 3.8) is 0 Å². The lowest BCUT2D eigenvalue weighted by Gasteiger charge is -2.24. The van der Waals surface area contributed by atoms with Crippen molar-refractivity contribution in [1.29, 1.82) is 5.26 Å². The first kappa shape index (κ1) is 21.7. The van der Waals surface area contributed by atoms with E-state index in [4.69, 9.17) is 0 Å². The van der Waals surface area contributed by atoms with Gasteiger partial charge in [0, 0.05) is 25.5 Å².